The molecule has 1 aliphatic rings. The van der Waals surface area contributed by atoms with Crippen molar-refractivity contribution in [3.05, 3.63) is 21.7 Å². The number of nitrogens with one attached hydrogen (secondary N) is 1. The minimum absolute atomic E-state index is 0.120. The van der Waals surface area contributed by atoms with Gasteiger partial charge in [-0.25, -0.2) is 4.98 Å². The molecule has 0 bridgehead atoms. The summed E-state index contributed by atoms with van der Waals surface area (Å²) in [6, 6.07) is 0.220. The van der Waals surface area contributed by atoms with Crippen molar-refractivity contribution >= 4 is 17.4 Å². The molecule has 1 aromatic heterocycles. The van der Waals surface area contributed by atoms with Crippen LogP contribution in [-0.4, -0.2) is 35.3 Å². The SMILES string of the molecule is CCC1COC(C)CN1c1nc[nH]c(=O)c1Cl. The van der Waals surface area contributed by atoms with E-state index < -0.39 is 0 Å². The number of rotatable bonds is 2. The molecule has 1 aliphatic heterocycles. The van der Waals surface area contributed by atoms with Gasteiger partial charge < -0.3 is 14.6 Å². The van der Waals surface area contributed by atoms with Crippen LogP contribution in [0.1, 0.15) is 20.3 Å². The molecule has 94 valence electrons. The number of hydrogen-bond acceptors (Lipinski definition) is 4. The Labute approximate surface area is 105 Å². The second-order valence-electron chi connectivity index (χ2n) is 4.23. The maximum absolute atomic E-state index is 11.5. The van der Waals surface area contributed by atoms with Crippen LogP contribution in [0.25, 0.3) is 0 Å². The van der Waals surface area contributed by atoms with E-state index in [9.17, 15) is 4.79 Å². The van der Waals surface area contributed by atoms with E-state index in [0.29, 0.717) is 19.0 Å². The van der Waals surface area contributed by atoms with Gasteiger partial charge in [-0.15, -0.1) is 0 Å². The van der Waals surface area contributed by atoms with E-state index in [0.717, 1.165) is 6.42 Å². The Morgan fingerprint density at radius 1 is 1.71 bits per heavy atom. The third-order valence-corrected chi connectivity index (χ3v) is 3.33. The van der Waals surface area contributed by atoms with Crippen molar-refractivity contribution in [2.75, 3.05) is 18.1 Å². The molecule has 6 heteroatoms. The van der Waals surface area contributed by atoms with E-state index in [1.165, 1.54) is 6.33 Å². The number of hydrogen-bond donors (Lipinski definition) is 1. The van der Waals surface area contributed by atoms with Crippen molar-refractivity contribution in [2.45, 2.75) is 32.4 Å². The van der Waals surface area contributed by atoms with Crippen molar-refractivity contribution in [2.24, 2.45) is 0 Å². The zero-order valence-electron chi connectivity index (χ0n) is 9.94. The van der Waals surface area contributed by atoms with Crippen molar-refractivity contribution in [1.82, 2.24) is 9.97 Å². The van der Waals surface area contributed by atoms with E-state index >= 15 is 0 Å². The fraction of sp³-hybridized carbons (Fsp3) is 0.636. The smallest absolute Gasteiger partial charge is 0.271 e. The minimum atomic E-state index is -0.300. The lowest BCUT2D eigenvalue weighted by molar-refractivity contribution is 0.0296. The molecule has 2 heterocycles. The summed E-state index contributed by atoms with van der Waals surface area (Å²) in [5.41, 5.74) is -0.300. The topological polar surface area (TPSA) is 58.2 Å². The Balaban J connectivity index is 2.35. The highest BCUT2D eigenvalue weighted by Crippen LogP contribution is 2.25. The highest BCUT2D eigenvalue weighted by Gasteiger charge is 2.28. The predicted octanol–water partition coefficient (Wildman–Crippen LogP) is 1.43. The average molecular weight is 258 g/mol. The van der Waals surface area contributed by atoms with E-state index in [2.05, 4.69) is 21.8 Å². The quantitative estimate of drug-likeness (QED) is 0.871. The number of halogens is 1. The molecule has 1 fully saturated rings. The van der Waals surface area contributed by atoms with E-state index in [-0.39, 0.29) is 22.7 Å². The van der Waals surface area contributed by atoms with Gasteiger partial charge in [0.25, 0.3) is 5.56 Å². The third-order valence-electron chi connectivity index (χ3n) is 2.99. The van der Waals surface area contributed by atoms with Gasteiger partial charge >= 0.3 is 0 Å². The molecule has 17 heavy (non-hydrogen) atoms. The number of morpholine rings is 1. The Morgan fingerprint density at radius 3 is 3.18 bits per heavy atom. The largest absolute Gasteiger partial charge is 0.375 e. The Bertz CT molecular complexity index is 449. The number of H-pyrrole nitrogens is 1. The van der Waals surface area contributed by atoms with Crippen molar-refractivity contribution < 1.29 is 4.74 Å². The monoisotopic (exact) mass is 257 g/mol. The average Bonchev–Trinajstić information content (AvgIpc) is 2.33. The van der Waals surface area contributed by atoms with Crippen LogP contribution in [0.3, 0.4) is 0 Å². The first kappa shape index (κ1) is 12.4. The Kier molecular flexibility index (Phi) is 3.69. The van der Waals surface area contributed by atoms with Gasteiger partial charge in [0, 0.05) is 6.54 Å². The van der Waals surface area contributed by atoms with Crippen molar-refractivity contribution in [1.29, 1.82) is 0 Å². The van der Waals surface area contributed by atoms with Crippen molar-refractivity contribution in [3.63, 3.8) is 0 Å². The second kappa shape index (κ2) is 5.06. The lowest BCUT2D eigenvalue weighted by Gasteiger charge is -2.39. The maximum atomic E-state index is 11.5. The second-order valence-corrected chi connectivity index (χ2v) is 4.61. The molecule has 5 nitrogen and oxygen atoms in total. The van der Waals surface area contributed by atoms with Crippen molar-refractivity contribution in [3.8, 4) is 0 Å². The zero-order valence-corrected chi connectivity index (χ0v) is 10.7. The molecular formula is C11H16ClN3O2. The molecule has 0 radical (unpaired) electrons. The summed E-state index contributed by atoms with van der Waals surface area (Å²) in [4.78, 5) is 20.2. The van der Waals surface area contributed by atoms with Crippen LogP contribution >= 0.6 is 11.6 Å². The zero-order chi connectivity index (χ0) is 12.4. The Morgan fingerprint density at radius 2 is 2.47 bits per heavy atom. The summed E-state index contributed by atoms with van der Waals surface area (Å²) in [6.07, 6.45) is 2.43. The molecule has 2 atom stereocenters. The highest BCUT2D eigenvalue weighted by atomic mass is 35.5. The standard InChI is InChI=1S/C11H16ClN3O2/c1-3-8-5-17-7(2)4-15(8)10-9(12)11(16)14-6-13-10/h6-8H,3-5H2,1-2H3,(H,13,14,16). The molecule has 0 spiro atoms. The van der Waals surface area contributed by atoms with Gasteiger partial charge in [-0.2, -0.15) is 0 Å². The molecule has 2 rings (SSSR count). The number of aromatic amines is 1. The van der Waals surface area contributed by atoms with Crippen LogP contribution in [0.15, 0.2) is 11.1 Å². The number of ether oxygens (including phenoxy) is 1. The summed E-state index contributed by atoms with van der Waals surface area (Å²) in [5, 5.41) is 0.153. The van der Waals surface area contributed by atoms with E-state index in [1.54, 1.807) is 0 Å². The molecule has 0 aliphatic carbocycles. The van der Waals surface area contributed by atoms with E-state index in [4.69, 9.17) is 16.3 Å². The molecule has 0 saturated carbocycles. The minimum Gasteiger partial charge on any atom is -0.375 e. The lowest BCUT2D eigenvalue weighted by atomic mass is 10.1. The van der Waals surface area contributed by atoms with Gasteiger partial charge in [-0.1, -0.05) is 18.5 Å². The van der Waals surface area contributed by atoms with Crippen LogP contribution in [0.5, 0.6) is 0 Å². The van der Waals surface area contributed by atoms with Gasteiger partial charge in [-0.3, -0.25) is 4.79 Å². The molecule has 1 saturated heterocycles. The molecule has 1 N–H and O–H groups in total. The van der Waals surface area contributed by atoms with Crippen LogP contribution in [0.4, 0.5) is 5.82 Å². The summed E-state index contributed by atoms with van der Waals surface area (Å²) in [5.74, 6) is 0.553. The predicted molar refractivity (Wildman–Crippen MR) is 66.7 cm³/mol. The van der Waals surface area contributed by atoms with Crippen LogP contribution in [0, 0.1) is 0 Å². The van der Waals surface area contributed by atoms with E-state index in [1.807, 2.05) is 6.92 Å². The molecule has 1 aromatic rings. The summed E-state index contributed by atoms with van der Waals surface area (Å²) in [7, 11) is 0. The molecular weight excluding hydrogens is 242 g/mol. The van der Waals surface area contributed by atoms with Crippen LogP contribution in [0.2, 0.25) is 5.02 Å². The van der Waals surface area contributed by atoms with Gasteiger partial charge in [-0.05, 0) is 13.3 Å². The molecule has 0 aromatic carbocycles. The summed E-state index contributed by atoms with van der Waals surface area (Å²) >= 11 is 6.01. The van der Waals surface area contributed by atoms with Crippen LogP contribution < -0.4 is 10.5 Å². The number of nitrogens with zero attached hydrogens (tertiary/aromatic N) is 2. The fourth-order valence-electron chi connectivity index (χ4n) is 2.02. The normalized spacial score (nSPS) is 25.0. The first-order valence-corrected chi connectivity index (χ1v) is 6.12. The fourth-order valence-corrected chi connectivity index (χ4v) is 2.23. The van der Waals surface area contributed by atoms with Crippen LogP contribution in [-0.2, 0) is 4.74 Å². The summed E-state index contributed by atoms with van der Waals surface area (Å²) in [6.45, 7) is 5.43. The molecule has 2 unspecified atom stereocenters. The van der Waals surface area contributed by atoms with Gasteiger partial charge in [0.15, 0.2) is 5.82 Å². The van der Waals surface area contributed by atoms with Gasteiger partial charge in [0.1, 0.15) is 5.02 Å². The first-order valence-electron chi connectivity index (χ1n) is 5.75. The van der Waals surface area contributed by atoms with Gasteiger partial charge in [0.2, 0.25) is 0 Å². The molecule has 0 amide bonds. The highest BCUT2D eigenvalue weighted by molar-refractivity contribution is 6.32. The maximum Gasteiger partial charge on any atom is 0.271 e. The number of aromatic nitrogens is 2. The summed E-state index contributed by atoms with van der Waals surface area (Å²) < 4.78 is 5.60. The van der Waals surface area contributed by atoms with Gasteiger partial charge in [0.05, 0.1) is 25.1 Å². The third kappa shape index (κ3) is 2.45. The Hall–Kier alpha value is -1.07. The first-order chi connectivity index (χ1) is 8.13. The lowest BCUT2D eigenvalue weighted by Crippen LogP contribution is -2.49. The number of anilines is 1.